The van der Waals surface area contributed by atoms with Gasteiger partial charge in [-0.1, -0.05) is 81.7 Å². The van der Waals surface area contributed by atoms with E-state index >= 15 is 0 Å². The maximum Gasteiger partial charge on any atom is 0.338 e. The number of alkyl halides is 2. The van der Waals surface area contributed by atoms with Gasteiger partial charge in [0.05, 0.1) is 15.4 Å². The smallest absolute Gasteiger partial charge is 0.338 e. The molecule has 1 aromatic carbocycles. The van der Waals surface area contributed by atoms with E-state index in [1.54, 1.807) is 0 Å². The molecule has 0 aliphatic rings. The number of unbranched alkanes of at least 4 members (excludes halogenated alkanes) is 5. The van der Waals surface area contributed by atoms with Crippen LogP contribution in [-0.4, -0.2) is 15.8 Å². The van der Waals surface area contributed by atoms with Gasteiger partial charge in [-0.25, -0.2) is 4.79 Å². The molecule has 0 saturated carbocycles. The predicted molar refractivity (Wildman–Crippen MR) is 110 cm³/mol. The van der Waals surface area contributed by atoms with E-state index in [1.165, 1.54) is 31.2 Å². The van der Waals surface area contributed by atoms with Crippen LogP contribution in [0.3, 0.4) is 0 Å². The summed E-state index contributed by atoms with van der Waals surface area (Å²) in [6, 6.07) is 4.07. The molecule has 0 aliphatic heterocycles. The van der Waals surface area contributed by atoms with Gasteiger partial charge >= 0.3 is 5.97 Å². The molecule has 136 valence electrons. The Morgan fingerprint density at radius 3 is 2.00 bits per heavy atom. The first-order chi connectivity index (χ1) is 11.2. The van der Waals surface area contributed by atoms with Gasteiger partial charge in [0.15, 0.2) is 0 Å². The maximum absolute atomic E-state index is 12.2. The highest BCUT2D eigenvalue weighted by Gasteiger charge is 2.14. The second-order valence-electron chi connectivity index (χ2n) is 6.85. The van der Waals surface area contributed by atoms with Crippen molar-refractivity contribution < 1.29 is 9.53 Å². The van der Waals surface area contributed by atoms with Crippen molar-refractivity contribution >= 4 is 37.8 Å². The van der Waals surface area contributed by atoms with Gasteiger partial charge in [-0.2, -0.15) is 0 Å². The van der Waals surface area contributed by atoms with Crippen molar-refractivity contribution in [1.82, 2.24) is 0 Å². The van der Waals surface area contributed by atoms with Crippen LogP contribution in [0.5, 0.6) is 0 Å². The molecule has 0 fully saturated rings. The van der Waals surface area contributed by atoms with Crippen LogP contribution >= 0.6 is 31.9 Å². The van der Waals surface area contributed by atoms with Gasteiger partial charge in [0.1, 0.15) is 0 Å². The quantitative estimate of drug-likeness (QED) is 0.213. The number of halogens is 2. The van der Waals surface area contributed by atoms with Gasteiger partial charge in [-0.3, -0.25) is 0 Å². The molecule has 1 aromatic rings. The number of benzene rings is 1. The first kappa shape index (κ1) is 21.7. The SMILES string of the molecule is Cc1cc(C)c(C(=O)OCCCCCCCCC(C)(Br)Br)c(C)c1. The Hall–Kier alpha value is -0.350. The Labute approximate surface area is 164 Å². The van der Waals surface area contributed by atoms with Gasteiger partial charge in [0.25, 0.3) is 0 Å². The lowest BCUT2D eigenvalue weighted by atomic mass is 10.00. The monoisotopic (exact) mass is 460 g/mol. The summed E-state index contributed by atoms with van der Waals surface area (Å²) >= 11 is 7.19. The Balaban J connectivity index is 2.17. The molecule has 0 saturated heterocycles. The predicted octanol–water partition coefficient (Wildman–Crippen LogP) is 7.01. The van der Waals surface area contributed by atoms with Crippen LogP contribution in [-0.2, 0) is 4.74 Å². The molecular weight excluding hydrogens is 432 g/mol. The molecular formula is C20H30Br2O2. The summed E-state index contributed by atoms with van der Waals surface area (Å²) in [6.45, 7) is 8.65. The Bertz CT molecular complexity index is 510. The fourth-order valence-corrected chi connectivity index (χ4v) is 3.54. The summed E-state index contributed by atoms with van der Waals surface area (Å²) < 4.78 is 5.53. The molecule has 0 bridgehead atoms. The molecule has 0 spiro atoms. The normalized spacial score (nSPS) is 11.6. The first-order valence-corrected chi connectivity index (χ1v) is 10.4. The average Bonchev–Trinajstić information content (AvgIpc) is 2.43. The third-order valence-corrected chi connectivity index (χ3v) is 4.92. The fraction of sp³-hybridized carbons (Fsp3) is 0.650. The van der Waals surface area contributed by atoms with Gasteiger partial charge in [0.2, 0.25) is 0 Å². The fourth-order valence-electron chi connectivity index (χ4n) is 2.98. The van der Waals surface area contributed by atoms with Crippen molar-refractivity contribution in [3.63, 3.8) is 0 Å². The van der Waals surface area contributed by atoms with Gasteiger partial charge < -0.3 is 4.74 Å². The van der Waals surface area contributed by atoms with Crippen molar-refractivity contribution in [2.45, 2.75) is 75.9 Å². The Kier molecular flexibility index (Phi) is 9.58. The van der Waals surface area contributed by atoms with Crippen LogP contribution in [0.2, 0.25) is 0 Å². The molecule has 0 amide bonds. The minimum absolute atomic E-state index is 0.0838. The van der Waals surface area contributed by atoms with E-state index in [4.69, 9.17) is 4.74 Å². The molecule has 1 rings (SSSR count). The largest absolute Gasteiger partial charge is 0.462 e. The van der Waals surface area contributed by atoms with Crippen LogP contribution in [0.25, 0.3) is 0 Å². The summed E-state index contributed by atoms with van der Waals surface area (Å²) in [5.74, 6) is -0.182. The Morgan fingerprint density at radius 2 is 1.46 bits per heavy atom. The average molecular weight is 462 g/mol. The third-order valence-electron chi connectivity index (χ3n) is 4.12. The zero-order valence-corrected chi connectivity index (χ0v) is 18.6. The lowest BCUT2D eigenvalue weighted by molar-refractivity contribution is 0.0496. The third kappa shape index (κ3) is 8.66. The molecule has 0 atom stereocenters. The van der Waals surface area contributed by atoms with E-state index in [1.807, 2.05) is 32.9 Å². The highest BCUT2D eigenvalue weighted by molar-refractivity contribution is 9.25. The van der Waals surface area contributed by atoms with Crippen LogP contribution in [0.15, 0.2) is 12.1 Å². The minimum atomic E-state index is -0.182. The van der Waals surface area contributed by atoms with Crippen molar-refractivity contribution in [2.24, 2.45) is 0 Å². The molecule has 0 unspecified atom stereocenters. The van der Waals surface area contributed by atoms with E-state index in [0.29, 0.717) is 6.61 Å². The zero-order valence-electron chi connectivity index (χ0n) is 15.4. The molecule has 24 heavy (non-hydrogen) atoms. The molecule has 2 nitrogen and oxygen atoms in total. The van der Waals surface area contributed by atoms with Crippen LogP contribution in [0.1, 0.15) is 78.9 Å². The summed E-state index contributed by atoms with van der Waals surface area (Å²) in [5, 5.41) is 0. The van der Waals surface area contributed by atoms with E-state index in [9.17, 15) is 4.79 Å². The highest BCUT2D eigenvalue weighted by Crippen LogP contribution is 2.31. The van der Waals surface area contributed by atoms with Crippen molar-refractivity contribution in [2.75, 3.05) is 6.61 Å². The lowest BCUT2D eigenvalue weighted by Crippen LogP contribution is -2.10. The molecule has 0 heterocycles. The number of aryl methyl sites for hydroxylation is 3. The van der Waals surface area contributed by atoms with Crippen LogP contribution < -0.4 is 0 Å². The van der Waals surface area contributed by atoms with Gasteiger partial charge in [-0.15, -0.1) is 0 Å². The lowest BCUT2D eigenvalue weighted by Gasteiger charge is -2.13. The number of esters is 1. The van der Waals surface area contributed by atoms with E-state index < -0.39 is 0 Å². The number of carbonyl (C=O) groups is 1. The summed E-state index contributed by atoms with van der Waals surface area (Å²) in [7, 11) is 0. The molecule has 0 aromatic heterocycles. The summed E-state index contributed by atoms with van der Waals surface area (Å²) in [5.41, 5.74) is 3.92. The number of hydrogen-bond donors (Lipinski definition) is 0. The first-order valence-electron chi connectivity index (χ1n) is 8.83. The standard InChI is InChI=1S/C20H30Br2O2/c1-15-13-16(2)18(17(3)14-15)19(23)24-12-10-8-6-5-7-9-11-20(4,21)22/h13-14H,5-12H2,1-4H3. The number of carbonyl (C=O) groups excluding carboxylic acids is 1. The van der Waals surface area contributed by atoms with Gasteiger partial charge in [0, 0.05) is 0 Å². The Morgan fingerprint density at radius 1 is 0.958 bits per heavy atom. The van der Waals surface area contributed by atoms with Gasteiger partial charge in [-0.05, 0) is 51.7 Å². The van der Waals surface area contributed by atoms with Crippen molar-refractivity contribution in [3.8, 4) is 0 Å². The second kappa shape index (κ2) is 10.6. The van der Waals surface area contributed by atoms with Crippen molar-refractivity contribution in [1.29, 1.82) is 0 Å². The summed E-state index contributed by atoms with van der Waals surface area (Å²) in [6.07, 6.45) is 8.16. The zero-order chi connectivity index (χ0) is 18.2. The second-order valence-corrected chi connectivity index (χ2v) is 11.4. The van der Waals surface area contributed by atoms with Crippen LogP contribution in [0.4, 0.5) is 0 Å². The van der Waals surface area contributed by atoms with Crippen molar-refractivity contribution in [3.05, 3.63) is 34.4 Å². The highest BCUT2D eigenvalue weighted by atomic mass is 79.9. The van der Waals surface area contributed by atoms with E-state index in [2.05, 4.69) is 38.8 Å². The minimum Gasteiger partial charge on any atom is -0.462 e. The molecule has 0 N–H and O–H groups in total. The summed E-state index contributed by atoms with van der Waals surface area (Å²) in [4.78, 5) is 12.2. The maximum atomic E-state index is 12.2. The van der Waals surface area contributed by atoms with E-state index in [-0.39, 0.29) is 9.20 Å². The topological polar surface area (TPSA) is 26.3 Å². The number of rotatable bonds is 10. The number of hydrogen-bond acceptors (Lipinski definition) is 2. The molecule has 0 radical (unpaired) electrons. The number of ether oxygens (including phenoxy) is 1. The van der Waals surface area contributed by atoms with Crippen LogP contribution in [0, 0.1) is 20.8 Å². The van der Waals surface area contributed by atoms with E-state index in [0.717, 1.165) is 36.0 Å². The molecule has 4 heteroatoms. The molecule has 0 aliphatic carbocycles.